The van der Waals surface area contributed by atoms with Crippen LogP contribution in [0.2, 0.25) is 0 Å². The zero-order valence-electron chi connectivity index (χ0n) is 14.0. The Labute approximate surface area is 132 Å². The van der Waals surface area contributed by atoms with Gasteiger partial charge in [0.2, 0.25) is 0 Å². The predicted octanol–water partition coefficient (Wildman–Crippen LogP) is 2.33. The molecule has 0 radical (unpaired) electrons. The summed E-state index contributed by atoms with van der Waals surface area (Å²) in [7, 11) is 0. The van der Waals surface area contributed by atoms with E-state index in [1.165, 1.54) is 0 Å². The predicted molar refractivity (Wildman–Crippen MR) is 84.2 cm³/mol. The normalized spacial score (nSPS) is 21.8. The quantitative estimate of drug-likeness (QED) is 0.578. The van der Waals surface area contributed by atoms with Crippen molar-refractivity contribution in [3.8, 4) is 0 Å². The first-order valence-corrected chi connectivity index (χ1v) is 8.13. The van der Waals surface area contributed by atoms with E-state index in [9.17, 15) is 4.79 Å². The van der Waals surface area contributed by atoms with E-state index in [-0.39, 0.29) is 5.41 Å². The van der Waals surface area contributed by atoms with Gasteiger partial charge in [0.1, 0.15) is 5.84 Å². The Hall–Kier alpha value is -1.14. The molecule has 2 aliphatic rings. The van der Waals surface area contributed by atoms with Crippen LogP contribution in [0.25, 0.3) is 0 Å². The van der Waals surface area contributed by atoms with E-state index in [1.54, 1.807) is 0 Å². The number of hydrogen-bond acceptors (Lipinski definition) is 4. The number of rotatable bonds is 2. The molecular weight excluding hydrogens is 284 g/mol. The number of carbonyl (C=O) groups excluding carboxylic acids is 1. The van der Waals surface area contributed by atoms with Crippen molar-refractivity contribution in [1.29, 1.82) is 0 Å². The van der Waals surface area contributed by atoms with Crippen molar-refractivity contribution in [1.82, 2.24) is 4.90 Å². The van der Waals surface area contributed by atoms with Gasteiger partial charge in [0, 0.05) is 31.7 Å². The molecule has 2 fully saturated rings. The third kappa shape index (κ3) is 5.25. The molecule has 6 heteroatoms. The van der Waals surface area contributed by atoms with Crippen molar-refractivity contribution in [2.24, 2.45) is 16.3 Å². The first kappa shape index (κ1) is 17.2. The van der Waals surface area contributed by atoms with Crippen LogP contribution in [0.15, 0.2) is 4.99 Å². The molecule has 0 aliphatic carbocycles. The Morgan fingerprint density at radius 3 is 2.32 bits per heavy atom. The Bertz CT molecular complexity index is 391. The van der Waals surface area contributed by atoms with E-state index in [1.807, 2.05) is 0 Å². The molecule has 2 saturated heterocycles. The fourth-order valence-electron chi connectivity index (χ4n) is 2.71. The van der Waals surface area contributed by atoms with Crippen molar-refractivity contribution in [2.45, 2.75) is 33.6 Å². The molecule has 126 valence electrons. The Morgan fingerprint density at radius 2 is 1.73 bits per heavy atom. The lowest BCUT2D eigenvalue weighted by atomic mass is 9.93. The molecular formula is C16H28N2O4. The molecule has 0 spiro atoms. The van der Waals surface area contributed by atoms with Crippen molar-refractivity contribution < 1.29 is 19.0 Å². The second-order valence-corrected chi connectivity index (χ2v) is 6.92. The molecule has 1 amide bonds. The summed E-state index contributed by atoms with van der Waals surface area (Å²) in [6.07, 6.45) is 1.42. The molecule has 22 heavy (non-hydrogen) atoms. The van der Waals surface area contributed by atoms with E-state index in [4.69, 9.17) is 14.2 Å². The van der Waals surface area contributed by atoms with E-state index in [2.05, 4.69) is 30.7 Å². The molecule has 0 unspecified atom stereocenters. The van der Waals surface area contributed by atoms with Crippen molar-refractivity contribution in [3.63, 3.8) is 0 Å². The van der Waals surface area contributed by atoms with Gasteiger partial charge >= 0.3 is 6.09 Å². The van der Waals surface area contributed by atoms with Gasteiger partial charge in [-0.05, 0) is 18.8 Å². The molecule has 0 N–H and O–H groups in total. The number of carbonyl (C=O) groups is 1. The maximum absolute atomic E-state index is 12.1. The minimum Gasteiger partial charge on any atom is -0.448 e. The monoisotopic (exact) mass is 312 g/mol. The second-order valence-electron chi connectivity index (χ2n) is 6.92. The van der Waals surface area contributed by atoms with Crippen LogP contribution >= 0.6 is 0 Å². The molecule has 2 heterocycles. The van der Waals surface area contributed by atoms with Gasteiger partial charge in [-0.25, -0.2) is 4.79 Å². The molecule has 0 atom stereocenters. The third-order valence-corrected chi connectivity index (χ3v) is 3.96. The van der Waals surface area contributed by atoms with E-state index in [0.29, 0.717) is 25.7 Å². The molecule has 0 aromatic carbocycles. The number of aliphatic imine (C=N–C) groups is 1. The van der Waals surface area contributed by atoms with Crippen LogP contribution in [-0.4, -0.2) is 63.0 Å². The number of amides is 1. The van der Waals surface area contributed by atoms with E-state index < -0.39 is 6.09 Å². The summed E-state index contributed by atoms with van der Waals surface area (Å²) in [6.45, 7) is 11.0. The number of amidine groups is 1. The summed E-state index contributed by atoms with van der Waals surface area (Å²) < 4.78 is 16.0. The topological polar surface area (TPSA) is 60.4 Å². The van der Waals surface area contributed by atoms with Gasteiger partial charge in [0.15, 0.2) is 0 Å². The Balaban J connectivity index is 1.93. The minimum absolute atomic E-state index is 0.199. The summed E-state index contributed by atoms with van der Waals surface area (Å²) in [6, 6.07) is 0. The maximum atomic E-state index is 12.1. The van der Waals surface area contributed by atoms with Gasteiger partial charge in [-0.3, -0.25) is 0 Å². The molecule has 2 rings (SSSR count). The summed E-state index contributed by atoms with van der Waals surface area (Å²) >= 11 is 0. The van der Waals surface area contributed by atoms with Gasteiger partial charge in [-0.1, -0.05) is 20.8 Å². The van der Waals surface area contributed by atoms with Gasteiger partial charge < -0.3 is 19.1 Å². The lowest BCUT2D eigenvalue weighted by Gasteiger charge is -2.35. The molecule has 0 aromatic rings. The molecule has 2 aliphatic heterocycles. The van der Waals surface area contributed by atoms with Crippen LogP contribution < -0.4 is 0 Å². The summed E-state index contributed by atoms with van der Waals surface area (Å²) in [5, 5.41) is 0. The van der Waals surface area contributed by atoms with Crippen LogP contribution in [0.4, 0.5) is 4.79 Å². The minimum atomic E-state index is -0.483. The highest BCUT2D eigenvalue weighted by molar-refractivity contribution is 5.95. The highest BCUT2D eigenvalue weighted by Crippen LogP contribution is 2.21. The highest BCUT2D eigenvalue weighted by atomic mass is 16.5. The Kier molecular flexibility index (Phi) is 6.20. The smallest absolute Gasteiger partial charge is 0.435 e. The van der Waals surface area contributed by atoms with Crippen LogP contribution in [0.3, 0.4) is 0 Å². The van der Waals surface area contributed by atoms with Crippen LogP contribution in [0.1, 0.15) is 33.6 Å². The maximum Gasteiger partial charge on any atom is 0.435 e. The van der Waals surface area contributed by atoms with Gasteiger partial charge in [-0.2, -0.15) is 4.99 Å². The van der Waals surface area contributed by atoms with Crippen molar-refractivity contribution in [2.75, 3.05) is 46.1 Å². The first-order valence-electron chi connectivity index (χ1n) is 8.13. The van der Waals surface area contributed by atoms with Crippen LogP contribution in [0, 0.1) is 11.3 Å². The fourth-order valence-corrected chi connectivity index (χ4v) is 2.71. The average Bonchev–Trinajstić information content (AvgIpc) is 2.51. The summed E-state index contributed by atoms with van der Waals surface area (Å²) in [5.74, 6) is 1.18. The Morgan fingerprint density at radius 1 is 1.14 bits per heavy atom. The molecule has 0 saturated carbocycles. The lowest BCUT2D eigenvalue weighted by Crippen LogP contribution is -2.46. The number of ether oxygens (including phenoxy) is 3. The molecule has 0 bridgehead atoms. The largest absolute Gasteiger partial charge is 0.448 e. The third-order valence-electron chi connectivity index (χ3n) is 3.96. The summed E-state index contributed by atoms with van der Waals surface area (Å²) in [4.78, 5) is 18.5. The molecule has 0 aromatic heterocycles. The van der Waals surface area contributed by atoms with Gasteiger partial charge in [-0.15, -0.1) is 0 Å². The summed E-state index contributed by atoms with van der Waals surface area (Å²) in [5.41, 5.74) is -0.199. The van der Waals surface area contributed by atoms with Gasteiger partial charge in [0.25, 0.3) is 0 Å². The van der Waals surface area contributed by atoms with Crippen molar-refractivity contribution >= 4 is 11.9 Å². The van der Waals surface area contributed by atoms with Crippen LogP contribution in [0.5, 0.6) is 0 Å². The highest BCUT2D eigenvalue weighted by Gasteiger charge is 2.28. The zero-order chi connectivity index (χ0) is 16.0. The van der Waals surface area contributed by atoms with Gasteiger partial charge in [0.05, 0.1) is 19.8 Å². The second kappa shape index (κ2) is 7.92. The van der Waals surface area contributed by atoms with E-state index in [0.717, 1.165) is 45.0 Å². The number of hydrogen-bond donors (Lipinski definition) is 0. The first-order chi connectivity index (χ1) is 10.5. The SMILES string of the molecule is CC(C)(C)C(=NC(=O)OCC1CCOCC1)N1CCOCC1. The zero-order valence-corrected chi connectivity index (χ0v) is 14.0. The van der Waals surface area contributed by atoms with E-state index >= 15 is 0 Å². The molecule has 6 nitrogen and oxygen atoms in total. The number of nitrogens with zero attached hydrogens (tertiary/aromatic N) is 2. The van der Waals surface area contributed by atoms with Crippen LogP contribution in [-0.2, 0) is 14.2 Å². The fraction of sp³-hybridized carbons (Fsp3) is 0.875. The number of morpholine rings is 1. The average molecular weight is 312 g/mol. The standard InChI is InChI=1S/C16H28N2O4/c1-16(2,3)14(18-6-10-21-11-7-18)17-15(19)22-12-13-4-8-20-9-5-13/h13H,4-12H2,1-3H3. The lowest BCUT2D eigenvalue weighted by molar-refractivity contribution is 0.0394. The van der Waals surface area contributed by atoms with Crippen molar-refractivity contribution in [3.05, 3.63) is 0 Å².